The van der Waals surface area contributed by atoms with Gasteiger partial charge in [0.25, 0.3) is 0 Å². The van der Waals surface area contributed by atoms with Gasteiger partial charge in [0.2, 0.25) is 0 Å². The average Bonchev–Trinajstić information content (AvgIpc) is 2.40. The molecule has 0 bridgehead atoms. The summed E-state index contributed by atoms with van der Waals surface area (Å²) in [4.78, 5) is 0. The SMILES string of the molecule is CC(C)(C)c1cc(Cc2ccccc2NO)ccc1O. The Morgan fingerprint density at radius 1 is 1.05 bits per heavy atom. The van der Waals surface area contributed by atoms with Crippen LogP contribution < -0.4 is 5.48 Å². The van der Waals surface area contributed by atoms with Gasteiger partial charge in [0.1, 0.15) is 5.75 Å². The van der Waals surface area contributed by atoms with Crippen molar-refractivity contribution >= 4 is 5.69 Å². The van der Waals surface area contributed by atoms with Crippen LogP contribution in [-0.2, 0) is 11.8 Å². The van der Waals surface area contributed by atoms with E-state index in [1.807, 2.05) is 36.4 Å². The number of benzene rings is 2. The van der Waals surface area contributed by atoms with Gasteiger partial charge in [0, 0.05) is 0 Å². The van der Waals surface area contributed by atoms with Crippen LogP contribution in [-0.4, -0.2) is 10.3 Å². The number of anilines is 1. The maximum atomic E-state index is 9.99. The zero-order valence-electron chi connectivity index (χ0n) is 12.1. The molecule has 0 aliphatic heterocycles. The molecule has 2 aromatic rings. The molecule has 0 radical (unpaired) electrons. The molecule has 3 N–H and O–H groups in total. The van der Waals surface area contributed by atoms with Gasteiger partial charge in [-0.05, 0) is 40.7 Å². The van der Waals surface area contributed by atoms with Gasteiger partial charge in [-0.15, -0.1) is 0 Å². The number of hydrogen-bond acceptors (Lipinski definition) is 3. The van der Waals surface area contributed by atoms with E-state index < -0.39 is 0 Å². The minimum atomic E-state index is -0.102. The highest BCUT2D eigenvalue weighted by Crippen LogP contribution is 2.32. The highest BCUT2D eigenvalue weighted by molar-refractivity contribution is 5.52. The zero-order chi connectivity index (χ0) is 14.8. The number of hydrogen-bond donors (Lipinski definition) is 3. The van der Waals surface area contributed by atoms with Crippen LogP contribution in [0, 0.1) is 0 Å². The van der Waals surface area contributed by atoms with Crippen LogP contribution in [0.5, 0.6) is 5.75 Å². The van der Waals surface area contributed by atoms with Gasteiger partial charge in [-0.1, -0.05) is 51.1 Å². The Morgan fingerprint density at radius 2 is 1.75 bits per heavy atom. The molecule has 3 heteroatoms. The topological polar surface area (TPSA) is 52.5 Å². The highest BCUT2D eigenvalue weighted by atomic mass is 16.5. The van der Waals surface area contributed by atoms with Crippen molar-refractivity contribution in [3.05, 3.63) is 59.2 Å². The number of para-hydroxylation sites is 1. The summed E-state index contributed by atoms with van der Waals surface area (Å²) in [6.45, 7) is 6.24. The number of aromatic hydroxyl groups is 1. The zero-order valence-corrected chi connectivity index (χ0v) is 12.1. The van der Waals surface area contributed by atoms with E-state index in [1.54, 1.807) is 6.07 Å². The van der Waals surface area contributed by atoms with E-state index in [2.05, 4.69) is 26.3 Å². The lowest BCUT2D eigenvalue weighted by Crippen LogP contribution is -2.12. The molecule has 0 unspecified atom stereocenters. The van der Waals surface area contributed by atoms with Crippen LogP contribution in [0.3, 0.4) is 0 Å². The monoisotopic (exact) mass is 271 g/mol. The minimum absolute atomic E-state index is 0.102. The van der Waals surface area contributed by atoms with Crippen LogP contribution in [0.15, 0.2) is 42.5 Å². The fourth-order valence-electron chi connectivity index (χ4n) is 2.30. The predicted octanol–water partition coefficient (Wildman–Crippen LogP) is 4.08. The Kier molecular flexibility index (Phi) is 4.00. The molecule has 0 fully saturated rings. The molecule has 0 spiro atoms. The largest absolute Gasteiger partial charge is 0.508 e. The van der Waals surface area contributed by atoms with Crippen LogP contribution in [0.25, 0.3) is 0 Å². The summed E-state index contributed by atoms with van der Waals surface area (Å²) < 4.78 is 0. The smallest absolute Gasteiger partial charge is 0.119 e. The Labute approximate surface area is 119 Å². The number of phenolic OH excluding ortho intramolecular Hbond substituents is 1. The lowest BCUT2D eigenvalue weighted by Gasteiger charge is -2.21. The second-order valence-corrected chi connectivity index (χ2v) is 6.05. The Bertz CT molecular complexity index is 600. The first-order valence-corrected chi connectivity index (χ1v) is 6.72. The van der Waals surface area contributed by atoms with Gasteiger partial charge in [-0.2, -0.15) is 0 Å². The Balaban J connectivity index is 2.35. The molecule has 2 rings (SSSR count). The minimum Gasteiger partial charge on any atom is -0.508 e. The summed E-state index contributed by atoms with van der Waals surface area (Å²) in [6.07, 6.45) is 0.701. The molecular weight excluding hydrogens is 250 g/mol. The van der Waals surface area contributed by atoms with Crippen molar-refractivity contribution in [2.45, 2.75) is 32.6 Å². The second kappa shape index (κ2) is 5.55. The molecule has 0 saturated carbocycles. The fraction of sp³-hybridized carbons (Fsp3) is 0.294. The number of nitrogens with one attached hydrogen (secondary N) is 1. The lowest BCUT2D eigenvalue weighted by atomic mass is 9.84. The quantitative estimate of drug-likeness (QED) is 0.737. The van der Waals surface area contributed by atoms with E-state index in [0.717, 1.165) is 16.7 Å². The molecule has 0 aromatic heterocycles. The molecule has 2 aromatic carbocycles. The molecule has 0 aliphatic rings. The van der Waals surface area contributed by atoms with Gasteiger partial charge >= 0.3 is 0 Å². The van der Waals surface area contributed by atoms with Crippen LogP contribution in [0.2, 0.25) is 0 Å². The standard InChI is InChI=1S/C17H21NO2/c1-17(2,3)14-11-12(8-9-16(14)19)10-13-6-4-5-7-15(13)18-20/h4-9,11,18-20H,10H2,1-3H3. The first-order chi connectivity index (χ1) is 9.41. The molecule has 20 heavy (non-hydrogen) atoms. The normalized spacial score (nSPS) is 11.4. The van der Waals surface area contributed by atoms with Crippen molar-refractivity contribution in [2.24, 2.45) is 0 Å². The second-order valence-electron chi connectivity index (χ2n) is 6.05. The third-order valence-electron chi connectivity index (χ3n) is 3.40. The van der Waals surface area contributed by atoms with Crippen molar-refractivity contribution < 1.29 is 10.3 Å². The third kappa shape index (κ3) is 3.11. The van der Waals surface area contributed by atoms with Crippen molar-refractivity contribution in [1.29, 1.82) is 0 Å². The van der Waals surface area contributed by atoms with Crippen molar-refractivity contribution in [3.63, 3.8) is 0 Å². The van der Waals surface area contributed by atoms with Gasteiger partial charge in [-0.25, -0.2) is 0 Å². The molecule has 0 saturated heterocycles. The maximum Gasteiger partial charge on any atom is 0.119 e. The Hall–Kier alpha value is -2.00. The molecule has 3 nitrogen and oxygen atoms in total. The van der Waals surface area contributed by atoms with E-state index in [0.29, 0.717) is 17.9 Å². The van der Waals surface area contributed by atoms with Crippen LogP contribution in [0.4, 0.5) is 5.69 Å². The van der Waals surface area contributed by atoms with Gasteiger partial charge < -0.3 is 5.11 Å². The van der Waals surface area contributed by atoms with E-state index in [1.165, 1.54) is 0 Å². The van der Waals surface area contributed by atoms with E-state index in [4.69, 9.17) is 5.21 Å². The van der Waals surface area contributed by atoms with Gasteiger partial charge in [0.05, 0.1) is 5.69 Å². The molecule has 0 amide bonds. The van der Waals surface area contributed by atoms with Crippen LogP contribution >= 0.6 is 0 Å². The summed E-state index contributed by atoms with van der Waals surface area (Å²) in [5, 5.41) is 19.1. The first-order valence-electron chi connectivity index (χ1n) is 6.72. The molecule has 0 aliphatic carbocycles. The molecule has 106 valence electrons. The predicted molar refractivity (Wildman–Crippen MR) is 81.5 cm³/mol. The van der Waals surface area contributed by atoms with E-state index in [-0.39, 0.29) is 5.41 Å². The van der Waals surface area contributed by atoms with E-state index in [9.17, 15) is 5.11 Å². The summed E-state index contributed by atoms with van der Waals surface area (Å²) in [7, 11) is 0. The van der Waals surface area contributed by atoms with Gasteiger partial charge in [-0.3, -0.25) is 10.7 Å². The highest BCUT2D eigenvalue weighted by Gasteiger charge is 2.18. The summed E-state index contributed by atoms with van der Waals surface area (Å²) in [5.74, 6) is 0.329. The maximum absolute atomic E-state index is 9.99. The summed E-state index contributed by atoms with van der Waals surface area (Å²) in [5.41, 5.74) is 5.88. The molecular formula is C17H21NO2. The lowest BCUT2D eigenvalue weighted by molar-refractivity contribution is 0.388. The Morgan fingerprint density at radius 3 is 2.40 bits per heavy atom. The number of phenols is 1. The summed E-state index contributed by atoms with van der Waals surface area (Å²) >= 11 is 0. The first kappa shape index (κ1) is 14.4. The van der Waals surface area contributed by atoms with E-state index >= 15 is 0 Å². The summed E-state index contributed by atoms with van der Waals surface area (Å²) in [6, 6.07) is 13.3. The average molecular weight is 271 g/mol. The number of rotatable bonds is 3. The molecule has 0 heterocycles. The van der Waals surface area contributed by atoms with Crippen LogP contribution in [0.1, 0.15) is 37.5 Å². The van der Waals surface area contributed by atoms with Crippen molar-refractivity contribution in [1.82, 2.24) is 0 Å². The fourth-order valence-corrected chi connectivity index (χ4v) is 2.30. The van der Waals surface area contributed by atoms with Gasteiger partial charge in [0.15, 0.2) is 0 Å². The van der Waals surface area contributed by atoms with Crippen molar-refractivity contribution in [2.75, 3.05) is 5.48 Å². The third-order valence-corrected chi connectivity index (χ3v) is 3.40. The molecule has 0 atom stereocenters. The van der Waals surface area contributed by atoms with Crippen molar-refractivity contribution in [3.8, 4) is 5.75 Å².